The average molecular weight is 354 g/mol. The number of carbonyl (C=O) groups excluding carboxylic acids is 1. The Kier molecular flexibility index (Phi) is 4.67. The first-order chi connectivity index (χ1) is 10.5. The van der Waals surface area contributed by atoms with Gasteiger partial charge in [0.2, 0.25) is 10.0 Å². The lowest BCUT2D eigenvalue weighted by Gasteiger charge is -2.34. The van der Waals surface area contributed by atoms with Crippen molar-refractivity contribution in [3.05, 3.63) is 29.6 Å². The summed E-state index contributed by atoms with van der Waals surface area (Å²) in [5, 5.41) is 0. The Morgan fingerprint density at radius 1 is 1.13 bits per heavy atom. The summed E-state index contributed by atoms with van der Waals surface area (Å²) in [4.78, 5) is 11.5. The molecule has 1 aromatic rings. The highest BCUT2D eigenvalue weighted by molar-refractivity contribution is 7.89. The number of alkyl halides is 3. The van der Waals surface area contributed by atoms with Gasteiger partial charge in [-0.05, 0) is 24.6 Å². The molecule has 1 saturated heterocycles. The number of sulfonamides is 1. The third-order valence-electron chi connectivity index (χ3n) is 3.54. The first kappa shape index (κ1) is 17.7. The fourth-order valence-electron chi connectivity index (χ4n) is 2.30. The van der Waals surface area contributed by atoms with E-state index in [-0.39, 0.29) is 31.1 Å². The van der Waals surface area contributed by atoms with Gasteiger partial charge < -0.3 is 4.90 Å². The number of hydrogen-bond donors (Lipinski definition) is 0. The number of nitrogens with zero attached hydrogens (tertiary/aromatic N) is 2. The van der Waals surface area contributed by atoms with Gasteiger partial charge in [0, 0.05) is 26.2 Å². The van der Waals surface area contributed by atoms with Gasteiger partial charge in [-0.1, -0.05) is 6.07 Å². The lowest BCUT2D eigenvalue weighted by molar-refractivity contribution is -0.186. The van der Waals surface area contributed by atoms with Crippen LogP contribution in [-0.2, 0) is 14.8 Å². The van der Waals surface area contributed by atoms with Crippen molar-refractivity contribution in [1.29, 1.82) is 0 Å². The number of rotatable bonds is 2. The summed E-state index contributed by atoms with van der Waals surface area (Å²) >= 11 is 0. The maximum Gasteiger partial charge on any atom is 0.471 e. The van der Waals surface area contributed by atoms with E-state index in [0.29, 0.717) is 10.5 Å². The molecule has 0 saturated carbocycles. The lowest BCUT2D eigenvalue weighted by atomic mass is 10.2. The summed E-state index contributed by atoms with van der Waals surface area (Å²) in [6, 6.07) is 3.30. The molecule has 1 amide bonds. The number of hydrogen-bond acceptors (Lipinski definition) is 3. The highest BCUT2D eigenvalue weighted by Gasteiger charge is 2.44. The molecule has 0 bridgehead atoms. The highest BCUT2D eigenvalue weighted by Crippen LogP contribution is 2.24. The van der Waals surface area contributed by atoms with Crippen LogP contribution in [0.4, 0.5) is 17.6 Å². The van der Waals surface area contributed by atoms with E-state index in [1.54, 1.807) is 0 Å². The number of amides is 1. The summed E-state index contributed by atoms with van der Waals surface area (Å²) in [5.41, 5.74) is 0.334. The normalized spacial score (nSPS) is 17.3. The molecule has 23 heavy (non-hydrogen) atoms. The van der Waals surface area contributed by atoms with Gasteiger partial charge >= 0.3 is 12.1 Å². The Hall–Kier alpha value is -1.68. The zero-order valence-electron chi connectivity index (χ0n) is 12.1. The first-order valence-corrected chi connectivity index (χ1v) is 8.10. The lowest BCUT2D eigenvalue weighted by Crippen LogP contribution is -2.53. The molecule has 0 spiro atoms. The zero-order chi connectivity index (χ0) is 17.4. The fourth-order valence-corrected chi connectivity index (χ4v) is 3.96. The maximum atomic E-state index is 13.3. The van der Waals surface area contributed by atoms with Crippen molar-refractivity contribution in [1.82, 2.24) is 9.21 Å². The molecular formula is C13H14F4N2O3S. The van der Waals surface area contributed by atoms with Crippen molar-refractivity contribution in [3.8, 4) is 0 Å². The molecule has 5 nitrogen and oxygen atoms in total. The van der Waals surface area contributed by atoms with E-state index in [2.05, 4.69) is 0 Å². The van der Waals surface area contributed by atoms with Gasteiger partial charge in [0.15, 0.2) is 0 Å². The van der Waals surface area contributed by atoms with Crippen LogP contribution in [0.1, 0.15) is 5.56 Å². The standard InChI is InChI=1S/C13H14F4N2O3S/c1-9-2-3-10(14)8-11(9)23(21,22)19-6-4-18(5-7-19)12(20)13(15,16)17/h2-3,8H,4-7H2,1H3. The molecule has 0 aromatic heterocycles. The van der Waals surface area contributed by atoms with Crippen LogP contribution >= 0.6 is 0 Å². The number of halogens is 4. The molecule has 2 rings (SSSR count). The third-order valence-corrected chi connectivity index (χ3v) is 5.58. The maximum absolute atomic E-state index is 13.3. The van der Waals surface area contributed by atoms with Crippen molar-refractivity contribution in [2.45, 2.75) is 18.0 Å². The summed E-state index contributed by atoms with van der Waals surface area (Å²) in [6.45, 7) is 0.202. The minimum Gasteiger partial charge on any atom is -0.332 e. The van der Waals surface area contributed by atoms with E-state index in [4.69, 9.17) is 0 Å². The number of carbonyl (C=O) groups is 1. The van der Waals surface area contributed by atoms with Crippen molar-refractivity contribution in [2.75, 3.05) is 26.2 Å². The highest BCUT2D eigenvalue weighted by atomic mass is 32.2. The van der Waals surface area contributed by atoms with Crippen molar-refractivity contribution in [2.24, 2.45) is 0 Å². The van der Waals surface area contributed by atoms with Gasteiger partial charge in [0.1, 0.15) is 5.82 Å². The zero-order valence-corrected chi connectivity index (χ0v) is 12.9. The largest absolute Gasteiger partial charge is 0.471 e. The SMILES string of the molecule is Cc1ccc(F)cc1S(=O)(=O)N1CCN(C(=O)C(F)(F)F)CC1. The Balaban J connectivity index is 2.16. The van der Waals surface area contributed by atoms with Crippen LogP contribution in [-0.4, -0.2) is 55.9 Å². The predicted molar refractivity (Wildman–Crippen MR) is 72.5 cm³/mol. The summed E-state index contributed by atoms with van der Waals surface area (Å²) in [5.74, 6) is -2.71. The molecular weight excluding hydrogens is 340 g/mol. The van der Waals surface area contributed by atoms with E-state index < -0.39 is 27.9 Å². The molecule has 1 aliphatic heterocycles. The number of aryl methyl sites for hydroxylation is 1. The van der Waals surface area contributed by atoms with E-state index >= 15 is 0 Å². The Bertz CT molecular complexity index is 710. The Morgan fingerprint density at radius 3 is 2.22 bits per heavy atom. The topological polar surface area (TPSA) is 57.7 Å². The van der Waals surface area contributed by atoms with Crippen LogP contribution < -0.4 is 0 Å². The molecule has 10 heteroatoms. The summed E-state index contributed by atoms with van der Waals surface area (Å²) in [6.07, 6.45) is -4.99. The fraction of sp³-hybridized carbons (Fsp3) is 0.462. The second kappa shape index (κ2) is 6.08. The smallest absolute Gasteiger partial charge is 0.332 e. The van der Waals surface area contributed by atoms with E-state index in [1.807, 2.05) is 0 Å². The summed E-state index contributed by atoms with van der Waals surface area (Å²) in [7, 11) is -4.03. The first-order valence-electron chi connectivity index (χ1n) is 6.66. The van der Waals surface area contributed by atoms with Crippen molar-refractivity contribution < 1.29 is 30.8 Å². The third kappa shape index (κ3) is 3.63. The minimum absolute atomic E-state index is 0.229. The number of piperazine rings is 1. The summed E-state index contributed by atoms with van der Waals surface area (Å²) < 4.78 is 76.3. The quantitative estimate of drug-likeness (QED) is 0.757. The second-order valence-corrected chi connectivity index (χ2v) is 7.01. The van der Waals surface area contributed by atoms with Crippen LogP contribution in [0, 0.1) is 12.7 Å². The molecule has 1 heterocycles. The van der Waals surface area contributed by atoms with Crippen LogP contribution in [0.15, 0.2) is 23.1 Å². The monoisotopic (exact) mass is 354 g/mol. The molecule has 0 unspecified atom stereocenters. The minimum atomic E-state index is -4.99. The van der Waals surface area contributed by atoms with Crippen LogP contribution in [0.3, 0.4) is 0 Å². The van der Waals surface area contributed by atoms with E-state index in [9.17, 15) is 30.8 Å². The molecule has 1 aromatic carbocycles. The van der Waals surface area contributed by atoms with Crippen molar-refractivity contribution >= 4 is 15.9 Å². The molecule has 0 N–H and O–H groups in total. The Labute approximate surface area is 130 Å². The van der Waals surface area contributed by atoms with E-state index in [1.165, 1.54) is 13.0 Å². The van der Waals surface area contributed by atoms with Crippen LogP contribution in [0.25, 0.3) is 0 Å². The van der Waals surface area contributed by atoms with Crippen LogP contribution in [0.2, 0.25) is 0 Å². The van der Waals surface area contributed by atoms with Crippen LogP contribution in [0.5, 0.6) is 0 Å². The Morgan fingerprint density at radius 2 is 1.70 bits per heavy atom. The molecule has 0 radical (unpaired) electrons. The van der Waals surface area contributed by atoms with Gasteiger partial charge in [-0.2, -0.15) is 17.5 Å². The van der Waals surface area contributed by atoms with Gasteiger partial charge in [0.05, 0.1) is 4.90 Å². The van der Waals surface area contributed by atoms with E-state index in [0.717, 1.165) is 16.4 Å². The van der Waals surface area contributed by atoms with Gasteiger partial charge in [-0.15, -0.1) is 0 Å². The second-order valence-electron chi connectivity index (χ2n) is 5.10. The molecule has 0 atom stereocenters. The number of benzene rings is 1. The molecule has 128 valence electrons. The van der Waals surface area contributed by atoms with Gasteiger partial charge in [0.25, 0.3) is 0 Å². The van der Waals surface area contributed by atoms with Gasteiger partial charge in [-0.25, -0.2) is 12.8 Å². The van der Waals surface area contributed by atoms with Gasteiger partial charge in [-0.3, -0.25) is 4.79 Å². The molecule has 0 aliphatic carbocycles. The average Bonchev–Trinajstić information content (AvgIpc) is 2.48. The molecule has 1 aliphatic rings. The predicted octanol–water partition coefficient (Wildman–Crippen LogP) is 1.53. The molecule has 1 fully saturated rings. The van der Waals surface area contributed by atoms with Crippen molar-refractivity contribution in [3.63, 3.8) is 0 Å².